The zero-order valence-corrected chi connectivity index (χ0v) is 5.90. The minimum absolute atomic E-state index is 1.15. The van der Waals surface area contributed by atoms with Gasteiger partial charge in [-0.2, -0.15) is 9.89 Å². The summed E-state index contributed by atoms with van der Waals surface area (Å²) in [5.74, 6) is 0. The Balaban J connectivity index is 2.12. The summed E-state index contributed by atoms with van der Waals surface area (Å²) in [6.45, 7) is 2.31. The molecule has 2 rings (SSSR count). The topological polar surface area (TPSA) is 21.1 Å². The van der Waals surface area contributed by atoms with Crippen LogP contribution in [0.4, 0.5) is 0 Å². The van der Waals surface area contributed by atoms with Crippen molar-refractivity contribution < 1.29 is 0 Å². The summed E-state index contributed by atoms with van der Waals surface area (Å²) >= 11 is 0. The largest absolute Gasteiger partial charge is 0.297 e. The zero-order valence-electron chi connectivity index (χ0n) is 5.90. The molecule has 10 heavy (non-hydrogen) atoms. The van der Waals surface area contributed by atoms with E-state index >= 15 is 0 Å². The number of hydrogen-bond donors (Lipinski definition) is 0. The second-order valence-electron chi connectivity index (χ2n) is 2.59. The van der Waals surface area contributed by atoms with E-state index in [4.69, 9.17) is 0 Å². The summed E-state index contributed by atoms with van der Waals surface area (Å²) < 4.78 is 0. The van der Waals surface area contributed by atoms with Crippen molar-refractivity contribution in [1.82, 2.24) is 9.89 Å². The van der Waals surface area contributed by atoms with Crippen molar-refractivity contribution in [2.45, 2.75) is 12.8 Å². The molecule has 0 aromatic carbocycles. The highest BCUT2D eigenvalue weighted by molar-refractivity contribution is 4.91. The predicted molar refractivity (Wildman–Crippen MR) is 39.4 cm³/mol. The van der Waals surface area contributed by atoms with Crippen LogP contribution in [0.25, 0.3) is 0 Å². The van der Waals surface area contributed by atoms with Gasteiger partial charge in [0.15, 0.2) is 0 Å². The van der Waals surface area contributed by atoms with Crippen molar-refractivity contribution in [3.8, 4) is 0 Å². The van der Waals surface area contributed by atoms with Crippen molar-refractivity contribution in [2.24, 2.45) is 0 Å². The fourth-order valence-electron chi connectivity index (χ4n) is 1.33. The summed E-state index contributed by atoms with van der Waals surface area (Å²) in [5, 5.41) is 6.39. The second kappa shape index (κ2) is 2.33. The van der Waals surface area contributed by atoms with Crippen LogP contribution >= 0.6 is 0 Å². The summed E-state index contributed by atoms with van der Waals surface area (Å²) in [7, 11) is 0. The highest BCUT2D eigenvalue weighted by Crippen LogP contribution is 2.04. The summed E-state index contributed by atoms with van der Waals surface area (Å²) in [6.07, 6.45) is 6.42. The Bertz CT molecular complexity index is 187. The average molecular weight is 137 g/mol. The maximum atomic E-state index is 4.14. The molecule has 3 nitrogen and oxygen atoms in total. The van der Waals surface area contributed by atoms with Gasteiger partial charge in [0, 0.05) is 19.3 Å². The lowest BCUT2D eigenvalue weighted by Crippen LogP contribution is -2.31. The van der Waals surface area contributed by atoms with Crippen molar-refractivity contribution in [3.63, 3.8) is 0 Å². The molecule has 1 aromatic rings. The van der Waals surface area contributed by atoms with E-state index < -0.39 is 0 Å². The Labute approximate surface area is 60.2 Å². The van der Waals surface area contributed by atoms with E-state index in [2.05, 4.69) is 10.1 Å². The van der Waals surface area contributed by atoms with Crippen molar-refractivity contribution in [3.05, 3.63) is 18.5 Å². The van der Waals surface area contributed by atoms with Gasteiger partial charge in [-0.1, -0.05) is 0 Å². The molecule has 0 atom stereocenters. The van der Waals surface area contributed by atoms with Crippen LogP contribution in [0.15, 0.2) is 18.5 Å². The van der Waals surface area contributed by atoms with Crippen LogP contribution in [-0.4, -0.2) is 23.0 Å². The molecule has 0 amide bonds. The smallest absolute Gasteiger partial charge is 0.0510 e. The molecule has 1 aromatic heterocycles. The predicted octanol–water partition coefficient (Wildman–Crippen LogP) is 0.615. The maximum Gasteiger partial charge on any atom is 0.0510 e. The van der Waals surface area contributed by atoms with E-state index in [9.17, 15) is 0 Å². The van der Waals surface area contributed by atoms with Crippen LogP contribution in [-0.2, 0) is 0 Å². The Morgan fingerprint density at radius 1 is 1.20 bits per heavy atom. The molecule has 0 bridgehead atoms. The second-order valence-corrected chi connectivity index (χ2v) is 2.59. The lowest BCUT2D eigenvalue weighted by Gasteiger charge is -2.16. The zero-order chi connectivity index (χ0) is 6.81. The lowest BCUT2D eigenvalue weighted by atomic mass is 10.4. The van der Waals surface area contributed by atoms with Gasteiger partial charge in [-0.05, 0) is 18.9 Å². The molecule has 54 valence electrons. The van der Waals surface area contributed by atoms with Gasteiger partial charge in [-0.25, -0.2) is 0 Å². The molecule has 1 aliphatic rings. The van der Waals surface area contributed by atoms with Gasteiger partial charge in [0.05, 0.1) is 6.20 Å². The van der Waals surface area contributed by atoms with Gasteiger partial charge in [-0.3, -0.25) is 5.01 Å². The average Bonchev–Trinajstić information content (AvgIpc) is 2.59. The van der Waals surface area contributed by atoms with Crippen LogP contribution in [0.2, 0.25) is 0 Å². The maximum absolute atomic E-state index is 4.14. The van der Waals surface area contributed by atoms with E-state index in [1.807, 2.05) is 23.3 Å². The van der Waals surface area contributed by atoms with E-state index in [-0.39, 0.29) is 0 Å². The van der Waals surface area contributed by atoms with E-state index in [0.717, 1.165) is 13.1 Å². The highest BCUT2D eigenvalue weighted by Gasteiger charge is 2.10. The molecule has 0 aliphatic carbocycles. The molecular formula is C7H11N3. The van der Waals surface area contributed by atoms with E-state index in [1.54, 1.807) is 0 Å². The summed E-state index contributed by atoms with van der Waals surface area (Å²) in [5.41, 5.74) is 0. The molecule has 0 N–H and O–H groups in total. The number of nitrogens with zero attached hydrogens (tertiary/aromatic N) is 3. The van der Waals surface area contributed by atoms with Gasteiger partial charge in [0.2, 0.25) is 0 Å². The lowest BCUT2D eigenvalue weighted by molar-refractivity contribution is 0.589. The normalized spacial score (nSPS) is 18.2. The Morgan fingerprint density at radius 3 is 2.60 bits per heavy atom. The molecule has 2 heterocycles. The quantitative estimate of drug-likeness (QED) is 0.565. The Hall–Kier alpha value is -0.990. The minimum atomic E-state index is 1.15. The minimum Gasteiger partial charge on any atom is -0.297 e. The van der Waals surface area contributed by atoms with Gasteiger partial charge < -0.3 is 0 Å². The Kier molecular flexibility index (Phi) is 1.34. The van der Waals surface area contributed by atoms with Crippen LogP contribution < -0.4 is 5.01 Å². The standard InChI is InChI=1S/C7H11N3/c1-2-6-9(5-1)10-7-3-4-8-10/h3-4,7H,1-2,5-6H2. The van der Waals surface area contributed by atoms with Crippen molar-refractivity contribution in [1.29, 1.82) is 0 Å². The fraction of sp³-hybridized carbons (Fsp3) is 0.571. The van der Waals surface area contributed by atoms with Gasteiger partial charge in [0.1, 0.15) is 0 Å². The van der Waals surface area contributed by atoms with Crippen LogP contribution in [0.3, 0.4) is 0 Å². The first-order chi connectivity index (χ1) is 4.97. The molecule has 1 aliphatic heterocycles. The first kappa shape index (κ1) is 5.77. The van der Waals surface area contributed by atoms with E-state index in [0.29, 0.717) is 0 Å². The third kappa shape index (κ3) is 0.875. The third-order valence-corrected chi connectivity index (χ3v) is 1.86. The fourth-order valence-corrected chi connectivity index (χ4v) is 1.33. The molecule has 0 saturated carbocycles. The summed E-state index contributed by atoms with van der Waals surface area (Å²) in [4.78, 5) is 1.92. The molecular weight excluding hydrogens is 126 g/mol. The highest BCUT2D eigenvalue weighted by atomic mass is 15.7. The van der Waals surface area contributed by atoms with Gasteiger partial charge in [0.25, 0.3) is 0 Å². The number of hydrogen-bond acceptors (Lipinski definition) is 2. The Morgan fingerprint density at radius 2 is 2.00 bits per heavy atom. The molecule has 1 saturated heterocycles. The molecule has 1 fully saturated rings. The van der Waals surface area contributed by atoms with Gasteiger partial charge in [-0.15, -0.1) is 0 Å². The first-order valence-electron chi connectivity index (χ1n) is 3.72. The number of rotatable bonds is 1. The van der Waals surface area contributed by atoms with Crippen LogP contribution in [0.5, 0.6) is 0 Å². The molecule has 0 spiro atoms. The summed E-state index contributed by atoms with van der Waals surface area (Å²) in [6, 6.07) is 1.96. The van der Waals surface area contributed by atoms with Crippen molar-refractivity contribution in [2.75, 3.05) is 18.1 Å². The van der Waals surface area contributed by atoms with Gasteiger partial charge >= 0.3 is 0 Å². The third-order valence-electron chi connectivity index (χ3n) is 1.86. The van der Waals surface area contributed by atoms with Crippen LogP contribution in [0.1, 0.15) is 12.8 Å². The SMILES string of the molecule is c1cnn(N2CCCC2)c1. The monoisotopic (exact) mass is 137 g/mol. The molecule has 0 radical (unpaired) electrons. The van der Waals surface area contributed by atoms with E-state index in [1.165, 1.54) is 12.8 Å². The number of aromatic nitrogens is 2. The first-order valence-corrected chi connectivity index (χ1v) is 3.72. The molecule has 0 unspecified atom stereocenters. The van der Waals surface area contributed by atoms with Crippen molar-refractivity contribution >= 4 is 0 Å². The van der Waals surface area contributed by atoms with Crippen LogP contribution in [0, 0.1) is 0 Å². The molecule has 3 heteroatoms.